The lowest BCUT2D eigenvalue weighted by Crippen LogP contribution is -2.52. The molecular formula is C19H25N3O3S. The monoisotopic (exact) mass is 375 g/mol. The van der Waals surface area contributed by atoms with Crippen LogP contribution in [0.3, 0.4) is 0 Å². The molecule has 6 nitrogen and oxygen atoms in total. The summed E-state index contributed by atoms with van der Waals surface area (Å²) in [5.41, 5.74) is 2.15. The Bertz CT molecular complexity index is 936. The van der Waals surface area contributed by atoms with Crippen LogP contribution >= 0.6 is 0 Å². The van der Waals surface area contributed by atoms with Crippen LogP contribution < -0.4 is 5.32 Å². The predicted octanol–water partition coefficient (Wildman–Crippen LogP) is 1.79. The van der Waals surface area contributed by atoms with Crippen LogP contribution in [0, 0.1) is 0 Å². The number of hydrogen-bond donors (Lipinski definition) is 1. The molecule has 7 heteroatoms. The number of rotatable bonds is 4. The molecule has 1 amide bonds. The van der Waals surface area contributed by atoms with Crippen LogP contribution in [0.5, 0.6) is 0 Å². The number of para-hydroxylation sites is 1. The highest BCUT2D eigenvalue weighted by Crippen LogP contribution is 2.37. The summed E-state index contributed by atoms with van der Waals surface area (Å²) < 4.78 is 27.7. The summed E-state index contributed by atoms with van der Waals surface area (Å²) in [6.45, 7) is 0. The number of carbonyl (C=O) groups is 1. The molecule has 0 spiro atoms. The maximum atomic E-state index is 12.6. The van der Waals surface area contributed by atoms with Gasteiger partial charge in [-0.2, -0.15) is 4.31 Å². The first-order chi connectivity index (χ1) is 12.3. The highest BCUT2D eigenvalue weighted by molar-refractivity contribution is 7.88. The third-order valence-corrected chi connectivity index (χ3v) is 7.11. The van der Waals surface area contributed by atoms with Crippen LogP contribution in [0.2, 0.25) is 0 Å². The minimum absolute atomic E-state index is 0.0126. The van der Waals surface area contributed by atoms with Crippen LogP contribution in [0.1, 0.15) is 31.2 Å². The largest absolute Gasteiger partial charge is 0.353 e. The summed E-state index contributed by atoms with van der Waals surface area (Å²) in [6, 6.07) is 8.21. The van der Waals surface area contributed by atoms with Crippen LogP contribution in [0.25, 0.3) is 10.9 Å². The number of aryl methyl sites for hydroxylation is 1. The van der Waals surface area contributed by atoms with Crippen molar-refractivity contribution in [2.45, 2.75) is 50.2 Å². The number of hydrogen-bond acceptors (Lipinski definition) is 3. The van der Waals surface area contributed by atoms with Gasteiger partial charge in [0.1, 0.15) is 0 Å². The van der Waals surface area contributed by atoms with Crippen molar-refractivity contribution in [3.63, 3.8) is 0 Å². The molecule has 0 radical (unpaired) electrons. The van der Waals surface area contributed by atoms with Gasteiger partial charge in [-0.15, -0.1) is 0 Å². The molecule has 2 aliphatic rings. The Morgan fingerprint density at radius 2 is 1.85 bits per heavy atom. The van der Waals surface area contributed by atoms with Gasteiger partial charge in [-0.05, 0) is 37.3 Å². The van der Waals surface area contributed by atoms with Gasteiger partial charge >= 0.3 is 0 Å². The number of sulfonamides is 1. The average Bonchev–Trinajstić information content (AvgIpc) is 3.03. The van der Waals surface area contributed by atoms with Gasteiger partial charge < -0.3 is 9.88 Å². The summed E-state index contributed by atoms with van der Waals surface area (Å²) in [6.07, 6.45) is 6.87. The highest BCUT2D eigenvalue weighted by Gasteiger charge is 2.45. The lowest BCUT2D eigenvalue weighted by Gasteiger charge is -2.37. The summed E-state index contributed by atoms with van der Waals surface area (Å²) in [4.78, 5) is 12.6. The van der Waals surface area contributed by atoms with Crippen molar-refractivity contribution in [1.82, 2.24) is 14.2 Å². The molecule has 4 rings (SSSR count). The fraction of sp³-hybridized carbons (Fsp3) is 0.526. The number of nitrogens with one attached hydrogen (secondary N) is 1. The van der Waals surface area contributed by atoms with Crippen molar-refractivity contribution in [2.24, 2.45) is 7.05 Å². The molecule has 2 unspecified atom stereocenters. The van der Waals surface area contributed by atoms with Crippen LogP contribution in [0.15, 0.2) is 30.5 Å². The first-order valence-corrected chi connectivity index (χ1v) is 11.0. The van der Waals surface area contributed by atoms with E-state index in [1.54, 1.807) is 4.31 Å². The number of carbonyl (C=O) groups excluding carboxylic acids is 1. The molecule has 1 aromatic heterocycles. The highest BCUT2D eigenvalue weighted by atomic mass is 32.2. The van der Waals surface area contributed by atoms with E-state index >= 15 is 0 Å². The molecule has 3 heterocycles. The zero-order valence-electron chi connectivity index (χ0n) is 15.2. The van der Waals surface area contributed by atoms with E-state index in [0.717, 1.165) is 29.3 Å². The molecule has 140 valence electrons. The lowest BCUT2D eigenvalue weighted by molar-refractivity contribution is -0.121. The molecule has 2 aliphatic heterocycles. The van der Waals surface area contributed by atoms with E-state index in [-0.39, 0.29) is 24.0 Å². The first kappa shape index (κ1) is 17.5. The molecular weight excluding hydrogens is 350 g/mol. The topological polar surface area (TPSA) is 71.4 Å². The Hall–Kier alpha value is -1.86. The van der Waals surface area contributed by atoms with E-state index in [2.05, 4.69) is 11.4 Å². The Balaban J connectivity index is 1.43. The summed E-state index contributed by atoms with van der Waals surface area (Å²) >= 11 is 0. The van der Waals surface area contributed by atoms with Crippen LogP contribution in [-0.4, -0.2) is 47.6 Å². The van der Waals surface area contributed by atoms with Crippen molar-refractivity contribution in [2.75, 3.05) is 6.26 Å². The minimum Gasteiger partial charge on any atom is -0.353 e. The van der Waals surface area contributed by atoms with E-state index in [9.17, 15) is 13.2 Å². The SMILES string of the molecule is Cn1cc(CC(=O)NC2CC3CCC(C2)N3S(C)(=O)=O)c2ccccc21. The Labute approximate surface area is 154 Å². The Morgan fingerprint density at radius 3 is 2.50 bits per heavy atom. The summed E-state index contributed by atoms with van der Waals surface area (Å²) in [5.74, 6) is 0.0126. The zero-order chi connectivity index (χ0) is 18.5. The normalized spacial score (nSPS) is 26.3. The molecule has 0 saturated carbocycles. The quantitative estimate of drug-likeness (QED) is 0.886. The molecule has 26 heavy (non-hydrogen) atoms. The fourth-order valence-corrected chi connectivity index (χ4v) is 6.28. The lowest BCUT2D eigenvalue weighted by atomic mass is 9.99. The number of piperidine rings is 1. The smallest absolute Gasteiger partial charge is 0.224 e. The van der Waals surface area contributed by atoms with Gasteiger partial charge in [0.25, 0.3) is 0 Å². The molecule has 2 atom stereocenters. The maximum absolute atomic E-state index is 12.6. The molecule has 2 bridgehead atoms. The van der Waals surface area contributed by atoms with Gasteiger partial charge in [0, 0.05) is 42.3 Å². The van der Waals surface area contributed by atoms with Crippen LogP contribution in [0.4, 0.5) is 0 Å². The second-order valence-corrected chi connectivity index (χ2v) is 9.56. The molecule has 1 aromatic carbocycles. The van der Waals surface area contributed by atoms with Crippen LogP contribution in [-0.2, 0) is 28.3 Å². The molecule has 2 saturated heterocycles. The van der Waals surface area contributed by atoms with Crippen molar-refractivity contribution >= 4 is 26.8 Å². The number of benzene rings is 1. The van der Waals surface area contributed by atoms with E-state index < -0.39 is 10.0 Å². The van der Waals surface area contributed by atoms with E-state index in [0.29, 0.717) is 19.3 Å². The van der Waals surface area contributed by atoms with E-state index in [4.69, 9.17) is 0 Å². The third kappa shape index (κ3) is 3.14. The van der Waals surface area contributed by atoms with Gasteiger partial charge in [0.15, 0.2) is 0 Å². The third-order valence-electron chi connectivity index (χ3n) is 5.74. The standard InChI is InChI=1S/C19H25N3O3S/c1-21-12-13(17-5-3-4-6-18(17)21)9-19(23)20-14-10-15-7-8-16(11-14)22(15)26(2,24)25/h3-6,12,14-16H,7-11H2,1-2H3,(H,20,23). The van der Waals surface area contributed by atoms with Gasteiger partial charge in [-0.25, -0.2) is 8.42 Å². The number of aromatic nitrogens is 1. The molecule has 1 N–H and O–H groups in total. The van der Waals surface area contributed by atoms with Gasteiger partial charge in [-0.3, -0.25) is 4.79 Å². The Morgan fingerprint density at radius 1 is 1.19 bits per heavy atom. The number of nitrogens with zero attached hydrogens (tertiary/aromatic N) is 2. The molecule has 2 aromatic rings. The summed E-state index contributed by atoms with van der Waals surface area (Å²) in [7, 11) is -1.18. The van der Waals surface area contributed by atoms with E-state index in [1.807, 2.05) is 36.0 Å². The minimum atomic E-state index is -3.17. The zero-order valence-corrected chi connectivity index (χ0v) is 16.0. The van der Waals surface area contributed by atoms with Crippen molar-refractivity contribution in [1.29, 1.82) is 0 Å². The van der Waals surface area contributed by atoms with E-state index in [1.165, 1.54) is 6.26 Å². The second-order valence-electron chi connectivity index (χ2n) is 7.67. The molecule has 2 fully saturated rings. The van der Waals surface area contributed by atoms with Crippen molar-refractivity contribution in [3.05, 3.63) is 36.0 Å². The first-order valence-electron chi connectivity index (χ1n) is 9.13. The average molecular weight is 375 g/mol. The summed E-state index contributed by atoms with van der Waals surface area (Å²) in [5, 5.41) is 4.25. The fourth-order valence-electron chi connectivity index (χ4n) is 4.81. The Kier molecular flexibility index (Phi) is 4.31. The predicted molar refractivity (Wildman–Crippen MR) is 101 cm³/mol. The molecule has 0 aliphatic carbocycles. The number of amides is 1. The van der Waals surface area contributed by atoms with Crippen molar-refractivity contribution in [3.8, 4) is 0 Å². The van der Waals surface area contributed by atoms with Gasteiger partial charge in [0.05, 0.1) is 12.7 Å². The van der Waals surface area contributed by atoms with Gasteiger partial charge in [0.2, 0.25) is 15.9 Å². The second kappa shape index (κ2) is 6.39. The van der Waals surface area contributed by atoms with Gasteiger partial charge in [-0.1, -0.05) is 18.2 Å². The van der Waals surface area contributed by atoms with Crippen molar-refractivity contribution < 1.29 is 13.2 Å². The number of fused-ring (bicyclic) bond motifs is 3. The maximum Gasteiger partial charge on any atom is 0.224 e.